The van der Waals surface area contributed by atoms with Crippen molar-refractivity contribution in [3.8, 4) is 0 Å². The van der Waals surface area contributed by atoms with E-state index in [1.54, 1.807) is 18.6 Å². The molecule has 1 aliphatic carbocycles. The molecule has 2 aromatic heterocycles. The third kappa shape index (κ3) is 3.78. The smallest absolute Gasteiger partial charge is 0.271 e. The second-order valence-electron chi connectivity index (χ2n) is 5.46. The zero-order valence-electron chi connectivity index (χ0n) is 12.3. The number of hydrogen-bond acceptors (Lipinski definition) is 5. The minimum absolute atomic E-state index is 0.141. The summed E-state index contributed by atoms with van der Waals surface area (Å²) in [5, 5.41) is 6.16. The largest absolute Gasteiger partial charge is 0.365 e. The molecule has 0 unspecified atom stereocenters. The Labute approximate surface area is 129 Å². The van der Waals surface area contributed by atoms with Crippen molar-refractivity contribution >= 4 is 11.7 Å². The van der Waals surface area contributed by atoms with Gasteiger partial charge in [0.2, 0.25) is 0 Å². The van der Waals surface area contributed by atoms with Gasteiger partial charge in [-0.1, -0.05) is 18.9 Å². The number of aromatic nitrogens is 3. The summed E-state index contributed by atoms with van der Waals surface area (Å²) in [5.74, 6) is 0.500. The summed E-state index contributed by atoms with van der Waals surface area (Å²) >= 11 is 0. The third-order valence-electron chi connectivity index (χ3n) is 3.77. The van der Waals surface area contributed by atoms with Crippen LogP contribution in [-0.4, -0.2) is 26.9 Å². The average Bonchev–Trinajstić information content (AvgIpc) is 3.07. The van der Waals surface area contributed by atoms with E-state index in [1.807, 2.05) is 12.1 Å². The molecule has 1 amide bonds. The minimum atomic E-state index is -0.141. The molecule has 114 valence electrons. The van der Waals surface area contributed by atoms with Gasteiger partial charge in [-0.3, -0.25) is 9.78 Å². The molecule has 2 N–H and O–H groups in total. The fourth-order valence-electron chi connectivity index (χ4n) is 2.56. The number of carbonyl (C=O) groups excluding carboxylic acids is 1. The fourth-order valence-corrected chi connectivity index (χ4v) is 2.56. The number of carbonyl (C=O) groups is 1. The van der Waals surface area contributed by atoms with Gasteiger partial charge in [-0.15, -0.1) is 0 Å². The van der Waals surface area contributed by atoms with Crippen LogP contribution in [0.1, 0.15) is 41.7 Å². The van der Waals surface area contributed by atoms with E-state index in [1.165, 1.54) is 19.0 Å². The summed E-state index contributed by atoms with van der Waals surface area (Å²) in [5.41, 5.74) is 1.42. The summed E-state index contributed by atoms with van der Waals surface area (Å²) < 4.78 is 0. The van der Waals surface area contributed by atoms with Crippen LogP contribution >= 0.6 is 0 Å². The molecule has 0 atom stereocenters. The van der Waals surface area contributed by atoms with E-state index < -0.39 is 0 Å². The van der Waals surface area contributed by atoms with E-state index in [0.29, 0.717) is 18.1 Å². The van der Waals surface area contributed by atoms with Crippen LogP contribution in [0.3, 0.4) is 0 Å². The molecule has 6 nitrogen and oxygen atoms in total. The van der Waals surface area contributed by atoms with Crippen LogP contribution in [0.4, 0.5) is 5.82 Å². The van der Waals surface area contributed by atoms with E-state index >= 15 is 0 Å². The van der Waals surface area contributed by atoms with Crippen LogP contribution in [0.5, 0.6) is 0 Å². The predicted molar refractivity (Wildman–Crippen MR) is 83.3 cm³/mol. The Morgan fingerprint density at radius 3 is 2.73 bits per heavy atom. The molecule has 0 spiro atoms. The molecule has 6 heteroatoms. The molecular formula is C16H19N5O. The molecule has 0 aliphatic heterocycles. The summed E-state index contributed by atoms with van der Waals surface area (Å²) in [7, 11) is 0. The molecule has 1 saturated carbocycles. The average molecular weight is 297 g/mol. The van der Waals surface area contributed by atoms with E-state index in [2.05, 4.69) is 25.6 Å². The molecule has 3 rings (SSSR count). The van der Waals surface area contributed by atoms with Crippen LogP contribution in [0.25, 0.3) is 0 Å². The van der Waals surface area contributed by atoms with Gasteiger partial charge in [-0.05, 0) is 24.5 Å². The van der Waals surface area contributed by atoms with Crippen molar-refractivity contribution < 1.29 is 4.79 Å². The zero-order valence-corrected chi connectivity index (χ0v) is 12.3. The number of nitrogens with zero attached hydrogens (tertiary/aromatic N) is 3. The highest BCUT2D eigenvalue weighted by Crippen LogP contribution is 2.17. The van der Waals surface area contributed by atoms with E-state index in [-0.39, 0.29) is 11.9 Å². The van der Waals surface area contributed by atoms with Crippen LogP contribution in [-0.2, 0) is 6.54 Å². The van der Waals surface area contributed by atoms with Crippen LogP contribution in [0, 0.1) is 0 Å². The first-order chi connectivity index (χ1) is 10.8. The second-order valence-corrected chi connectivity index (χ2v) is 5.46. The van der Waals surface area contributed by atoms with Crippen molar-refractivity contribution in [3.63, 3.8) is 0 Å². The van der Waals surface area contributed by atoms with E-state index in [9.17, 15) is 4.79 Å². The summed E-state index contributed by atoms with van der Waals surface area (Å²) in [6.07, 6.45) is 11.1. The van der Waals surface area contributed by atoms with Crippen molar-refractivity contribution in [1.29, 1.82) is 0 Å². The van der Waals surface area contributed by atoms with Gasteiger partial charge in [0.15, 0.2) is 0 Å². The quantitative estimate of drug-likeness (QED) is 0.884. The number of rotatable bonds is 5. The first-order valence-electron chi connectivity index (χ1n) is 7.57. The normalized spacial score (nSPS) is 14.7. The van der Waals surface area contributed by atoms with Gasteiger partial charge in [0.05, 0.1) is 12.4 Å². The van der Waals surface area contributed by atoms with Crippen LogP contribution < -0.4 is 10.6 Å². The minimum Gasteiger partial charge on any atom is -0.365 e. The highest BCUT2D eigenvalue weighted by Gasteiger charge is 2.18. The van der Waals surface area contributed by atoms with Gasteiger partial charge >= 0.3 is 0 Å². The molecule has 2 aromatic rings. The van der Waals surface area contributed by atoms with Crippen molar-refractivity contribution in [3.05, 3.63) is 48.2 Å². The van der Waals surface area contributed by atoms with Gasteiger partial charge < -0.3 is 10.6 Å². The standard InChI is InChI=1S/C16H19N5O/c22-16(21-13-5-1-2-6-13)14-10-20-15(11-18-14)19-9-12-4-3-7-17-8-12/h3-4,7-8,10-11,13H,1-2,5-6,9H2,(H,19,20)(H,21,22). The Morgan fingerprint density at radius 1 is 1.18 bits per heavy atom. The van der Waals surface area contributed by atoms with Gasteiger partial charge in [0, 0.05) is 25.0 Å². The molecule has 1 aliphatic rings. The van der Waals surface area contributed by atoms with Crippen LogP contribution in [0.15, 0.2) is 36.9 Å². The molecule has 0 radical (unpaired) electrons. The summed E-state index contributed by atoms with van der Waals surface area (Å²) in [4.78, 5) is 24.5. The SMILES string of the molecule is O=C(NC1CCCC1)c1cnc(NCc2cccnc2)cn1. The van der Waals surface area contributed by atoms with Gasteiger partial charge in [-0.2, -0.15) is 0 Å². The van der Waals surface area contributed by atoms with Crippen molar-refractivity contribution in [1.82, 2.24) is 20.3 Å². The number of hydrogen-bond donors (Lipinski definition) is 2. The first-order valence-corrected chi connectivity index (χ1v) is 7.57. The maximum Gasteiger partial charge on any atom is 0.271 e. The molecule has 2 heterocycles. The maximum absolute atomic E-state index is 12.0. The Balaban J connectivity index is 1.54. The van der Waals surface area contributed by atoms with E-state index in [4.69, 9.17) is 0 Å². The first kappa shape index (κ1) is 14.4. The number of anilines is 1. The van der Waals surface area contributed by atoms with Crippen molar-refractivity contribution in [2.24, 2.45) is 0 Å². The highest BCUT2D eigenvalue weighted by atomic mass is 16.1. The van der Waals surface area contributed by atoms with E-state index in [0.717, 1.165) is 18.4 Å². The lowest BCUT2D eigenvalue weighted by molar-refractivity contribution is 0.0932. The lowest BCUT2D eigenvalue weighted by Crippen LogP contribution is -2.33. The van der Waals surface area contributed by atoms with Gasteiger partial charge in [-0.25, -0.2) is 9.97 Å². The summed E-state index contributed by atoms with van der Waals surface area (Å²) in [6.45, 7) is 0.621. The Bertz CT molecular complexity index is 608. The lowest BCUT2D eigenvalue weighted by atomic mass is 10.2. The Morgan fingerprint density at radius 2 is 2.05 bits per heavy atom. The van der Waals surface area contributed by atoms with Gasteiger partial charge in [0.1, 0.15) is 11.5 Å². The molecular weight excluding hydrogens is 278 g/mol. The zero-order chi connectivity index (χ0) is 15.2. The second kappa shape index (κ2) is 6.98. The van der Waals surface area contributed by atoms with Crippen LogP contribution in [0.2, 0.25) is 0 Å². The predicted octanol–water partition coefficient (Wildman–Crippen LogP) is 2.16. The summed E-state index contributed by atoms with van der Waals surface area (Å²) in [6, 6.07) is 4.16. The lowest BCUT2D eigenvalue weighted by Gasteiger charge is -2.11. The molecule has 22 heavy (non-hydrogen) atoms. The fraction of sp³-hybridized carbons (Fsp3) is 0.375. The van der Waals surface area contributed by atoms with Gasteiger partial charge in [0.25, 0.3) is 5.91 Å². The van der Waals surface area contributed by atoms with Crippen molar-refractivity contribution in [2.45, 2.75) is 38.3 Å². The number of nitrogens with one attached hydrogen (secondary N) is 2. The molecule has 1 fully saturated rings. The molecule has 0 bridgehead atoms. The Kier molecular flexibility index (Phi) is 4.58. The van der Waals surface area contributed by atoms with Crippen molar-refractivity contribution in [2.75, 3.05) is 5.32 Å². The highest BCUT2D eigenvalue weighted by molar-refractivity contribution is 5.92. The monoisotopic (exact) mass is 297 g/mol. The topological polar surface area (TPSA) is 79.8 Å². The molecule has 0 aromatic carbocycles. The number of pyridine rings is 1. The number of amides is 1. The maximum atomic E-state index is 12.0. The molecule has 0 saturated heterocycles. The third-order valence-corrected chi connectivity index (χ3v) is 3.77. The Hall–Kier alpha value is -2.50.